The van der Waals surface area contributed by atoms with E-state index in [4.69, 9.17) is 4.74 Å². The maximum absolute atomic E-state index is 12.9. The van der Waals surface area contributed by atoms with Gasteiger partial charge in [0.2, 0.25) is 0 Å². The van der Waals surface area contributed by atoms with Crippen molar-refractivity contribution in [2.45, 2.75) is 26.3 Å². The first-order chi connectivity index (χ1) is 12.7. The zero-order valence-electron chi connectivity index (χ0n) is 15.0. The number of carbonyl (C=O) groups is 1. The summed E-state index contributed by atoms with van der Waals surface area (Å²) >= 11 is 0. The number of imidazole rings is 1. The Labute approximate surface area is 153 Å². The molecule has 5 heteroatoms. The van der Waals surface area contributed by atoms with Crippen molar-refractivity contribution in [2.75, 3.05) is 6.61 Å². The van der Waals surface area contributed by atoms with Crippen molar-refractivity contribution >= 4 is 5.91 Å². The number of ether oxygens (including phenoxy) is 1. The van der Waals surface area contributed by atoms with E-state index in [1.165, 1.54) is 0 Å². The predicted molar refractivity (Wildman–Crippen MR) is 102 cm³/mol. The Morgan fingerprint density at radius 1 is 1.15 bits per heavy atom. The van der Waals surface area contributed by atoms with Crippen LogP contribution in [0.1, 0.15) is 42.2 Å². The third-order valence-electron chi connectivity index (χ3n) is 4.23. The lowest BCUT2D eigenvalue weighted by Gasteiger charge is -2.19. The molecule has 1 heterocycles. The van der Waals surface area contributed by atoms with Crippen LogP contribution in [0.15, 0.2) is 60.9 Å². The molecular formula is C21H23N3O2. The van der Waals surface area contributed by atoms with Crippen LogP contribution in [0.4, 0.5) is 0 Å². The van der Waals surface area contributed by atoms with E-state index in [-0.39, 0.29) is 11.9 Å². The molecule has 1 amide bonds. The van der Waals surface area contributed by atoms with Gasteiger partial charge in [-0.05, 0) is 37.1 Å². The summed E-state index contributed by atoms with van der Waals surface area (Å²) in [5.74, 6) is 1.41. The highest BCUT2D eigenvalue weighted by atomic mass is 16.5. The smallest absolute Gasteiger partial charge is 0.252 e. The molecule has 26 heavy (non-hydrogen) atoms. The second-order valence-electron chi connectivity index (χ2n) is 5.92. The molecule has 0 unspecified atom stereocenters. The fraction of sp³-hybridized carbons (Fsp3) is 0.238. The summed E-state index contributed by atoms with van der Waals surface area (Å²) in [4.78, 5) is 20.2. The minimum Gasteiger partial charge on any atom is -0.494 e. The lowest BCUT2D eigenvalue weighted by Crippen LogP contribution is -2.28. The van der Waals surface area contributed by atoms with E-state index < -0.39 is 0 Å². The van der Waals surface area contributed by atoms with E-state index in [2.05, 4.69) is 22.2 Å². The largest absolute Gasteiger partial charge is 0.494 e. The fourth-order valence-electron chi connectivity index (χ4n) is 2.92. The molecule has 0 aliphatic rings. The third kappa shape index (κ3) is 3.94. The second kappa shape index (κ2) is 8.34. The Kier molecular flexibility index (Phi) is 5.69. The molecule has 3 aromatic rings. The number of hydrogen-bond donors (Lipinski definition) is 2. The SMILES string of the molecule is CCOc1ccc([C@@H](CC)NC(=O)c2ccccc2-c2ncc[nH]2)cc1. The van der Waals surface area contributed by atoms with E-state index in [0.717, 1.165) is 23.3 Å². The quantitative estimate of drug-likeness (QED) is 0.666. The van der Waals surface area contributed by atoms with Crippen molar-refractivity contribution < 1.29 is 9.53 Å². The minimum absolute atomic E-state index is 0.0668. The van der Waals surface area contributed by atoms with Gasteiger partial charge in [-0.25, -0.2) is 4.98 Å². The highest BCUT2D eigenvalue weighted by molar-refractivity contribution is 6.00. The molecule has 0 bridgehead atoms. The van der Waals surface area contributed by atoms with Gasteiger partial charge in [0.05, 0.1) is 18.2 Å². The Hall–Kier alpha value is -3.08. The topological polar surface area (TPSA) is 67.0 Å². The normalized spacial score (nSPS) is 11.8. The van der Waals surface area contributed by atoms with Crippen LogP contribution in [-0.4, -0.2) is 22.5 Å². The van der Waals surface area contributed by atoms with Crippen LogP contribution in [0.5, 0.6) is 5.75 Å². The Morgan fingerprint density at radius 3 is 2.58 bits per heavy atom. The minimum atomic E-state index is -0.113. The summed E-state index contributed by atoms with van der Waals surface area (Å²) < 4.78 is 5.48. The maximum atomic E-state index is 12.9. The van der Waals surface area contributed by atoms with Crippen molar-refractivity contribution in [3.63, 3.8) is 0 Å². The highest BCUT2D eigenvalue weighted by Crippen LogP contribution is 2.23. The van der Waals surface area contributed by atoms with Crippen molar-refractivity contribution in [1.29, 1.82) is 0 Å². The molecule has 0 aliphatic heterocycles. The zero-order chi connectivity index (χ0) is 18.4. The number of hydrogen-bond acceptors (Lipinski definition) is 3. The van der Waals surface area contributed by atoms with E-state index >= 15 is 0 Å². The predicted octanol–water partition coefficient (Wildman–Crippen LogP) is 4.36. The van der Waals surface area contributed by atoms with Crippen LogP contribution >= 0.6 is 0 Å². The van der Waals surface area contributed by atoms with E-state index in [1.54, 1.807) is 12.4 Å². The Morgan fingerprint density at radius 2 is 1.92 bits per heavy atom. The van der Waals surface area contributed by atoms with E-state index in [1.807, 2.05) is 55.5 Å². The van der Waals surface area contributed by atoms with Gasteiger partial charge in [0.15, 0.2) is 0 Å². The molecular weight excluding hydrogens is 326 g/mol. The van der Waals surface area contributed by atoms with Gasteiger partial charge in [-0.1, -0.05) is 37.3 Å². The first-order valence-electron chi connectivity index (χ1n) is 8.85. The van der Waals surface area contributed by atoms with Crippen LogP contribution < -0.4 is 10.1 Å². The average molecular weight is 349 g/mol. The van der Waals surface area contributed by atoms with Crippen molar-refractivity contribution in [3.8, 4) is 17.1 Å². The standard InChI is InChI=1S/C21H23N3O2/c1-3-19(15-9-11-16(12-10-15)26-4-2)24-21(25)18-8-6-5-7-17(18)20-22-13-14-23-20/h5-14,19H,3-4H2,1-2H3,(H,22,23)(H,24,25)/t19-/m1/s1. The molecule has 1 atom stereocenters. The lowest BCUT2D eigenvalue weighted by molar-refractivity contribution is 0.0936. The number of amides is 1. The van der Waals surface area contributed by atoms with Gasteiger partial charge in [-0.2, -0.15) is 0 Å². The second-order valence-corrected chi connectivity index (χ2v) is 5.92. The van der Waals surface area contributed by atoms with Crippen LogP contribution in [0.25, 0.3) is 11.4 Å². The Balaban J connectivity index is 1.80. The molecule has 3 rings (SSSR count). The lowest BCUT2D eigenvalue weighted by atomic mass is 10.0. The number of nitrogens with zero attached hydrogens (tertiary/aromatic N) is 1. The average Bonchev–Trinajstić information content (AvgIpc) is 3.21. The van der Waals surface area contributed by atoms with Gasteiger partial charge in [-0.3, -0.25) is 4.79 Å². The first kappa shape index (κ1) is 17.7. The summed E-state index contributed by atoms with van der Waals surface area (Å²) in [7, 11) is 0. The van der Waals surface area contributed by atoms with Gasteiger partial charge in [0, 0.05) is 18.0 Å². The number of aromatic amines is 1. The molecule has 0 fully saturated rings. The number of nitrogens with one attached hydrogen (secondary N) is 2. The fourth-order valence-corrected chi connectivity index (χ4v) is 2.92. The van der Waals surface area contributed by atoms with Crippen LogP contribution in [0, 0.1) is 0 Å². The van der Waals surface area contributed by atoms with Crippen molar-refractivity contribution in [1.82, 2.24) is 15.3 Å². The molecule has 0 spiro atoms. The molecule has 0 radical (unpaired) electrons. The van der Waals surface area contributed by atoms with Gasteiger partial charge in [-0.15, -0.1) is 0 Å². The number of benzene rings is 2. The van der Waals surface area contributed by atoms with Crippen LogP contribution in [0.2, 0.25) is 0 Å². The zero-order valence-corrected chi connectivity index (χ0v) is 15.0. The summed E-state index contributed by atoms with van der Waals surface area (Å²) in [6, 6.07) is 15.3. The molecule has 0 saturated heterocycles. The summed E-state index contributed by atoms with van der Waals surface area (Å²) in [6.07, 6.45) is 4.22. The summed E-state index contributed by atoms with van der Waals surface area (Å²) in [6.45, 7) is 4.65. The van der Waals surface area contributed by atoms with E-state index in [9.17, 15) is 4.79 Å². The van der Waals surface area contributed by atoms with Gasteiger partial charge >= 0.3 is 0 Å². The molecule has 2 N–H and O–H groups in total. The number of carbonyl (C=O) groups excluding carboxylic acids is 1. The van der Waals surface area contributed by atoms with Crippen molar-refractivity contribution in [2.24, 2.45) is 0 Å². The molecule has 0 saturated carbocycles. The molecule has 0 aliphatic carbocycles. The third-order valence-corrected chi connectivity index (χ3v) is 4.23. The summed E-state index contributed by atoms with van der Waals surface area (Å²) in [5.41, 5.74) is 2.45. The molecule has 134 valence electrons. The van der Waals surface area contributed by atoms with Crippen molar-refractivity contribution in [3.05, 3.63) is 72.1 Å². The van der Waals surface area contributed by atoms with Gasteiger partial charge in [0.25, 0.3) is 5.91 Å². The number of rotatable bonds is 7. The summed E-state index contributed by atoms with van der Waals surface area (Å²) in [5, 5.41) is 3.13. The Bertz CT molecular complexity index is 842. The number of H-pyrrole nitrogens is 1. The van der Waals surface area contributed by atoms with E-state index in [0.29, 0.717) is 18.0 Å². The number of aromatic nitrogens is 2. The first-order valence-corrected chi connectivity index (χ1v) is 8.85. The van der Waals surface area contributed by atoms with Gasteiger partial charge in [0.1, 0.15) is 11.6 Å². The molecule has 5 nitrogen and oxygen atoms in total. The monoisotopic (exact) mass is 349 g/mol. The van der Waals surface area contributed by atoms with Crippen LogP contribution in [0.3, 0.4) is 0 Å². The molecule has 2 aromatic carbocycles. The van der Waals surface area contributed by atoms with Gasteiger partial charge < -0.3 is 15.0 Å². The van der Waals surface area contributed by atoms with Crippen LogP contribution in [-0.2, 0) is 0 Å². The maximum Gasteiger partial charge on any atom is 0.252 e. The molecule has 1 aromatic heterocycles. The highest BCUT2D eigenvalue weighted by Gasteiger charge is 2.18.